The fourth-order valence-electron chi connectivity index (χ4n) is 2.56. The van der Waals surface area contributed by atoms with E-state index in [1.165, 1.54) is 0 Å². The van der Waals surface area contributed by atoms with Gasteiger partial charge in [0.1, 0.15) is 48.8 Å². The molecule has 0 spiro atoms. The molecule has 2 aliphatic heterocycles. The van der Waals surface area contributed by atoms with Crippen LogP contribution in [0.25, 0.3) is 0 Å². The van der Waals surface area contributed by atoms with Gasteiger partial charge in [0.25, 0.3) is 0 Å². The van der Waals surface area contributed by atoms with Gasteiger partial charge in [-0.1, -0.05) is 0 Å². The van der Waals surface area contributed by atoms with E-state index in [4.69, 9.17) is 24.4 Å². The molecule has 10 atom stereocenters. The normalized spacial score (nSPS) is 51.7. The van der Waals surface area contributed by atoms with E-state index in [1.54, 1.807) is 0 Å². The number of aliphatic hydroxyl groups excluding tert-OH is 8. The zero-order valence-electron chi connectivity index (χ0n) is 12.0. The molecule has 11 nitrogen and oxygen atoms in total. The van der Waals surface area contributed by atoms with E-state index in [0.29, 0.717) is 0 Å². The minimum absolute atomic E-state index is 0.667. The van der Waals surface area contributed by atoms with Crippen molar-refractivity contribution in [3.05, 3.63) is 0 Å². The maximum atomic E-state index is 10.00. The van der Waals surface area contributed by atoms with Crippen molar-refractivity contribution in [2.24, 2.45) is 0 Å². The Kier molecular flexibility index (Phi) is 6.27. The Bertz CT molecular complexity index is 380. The van der Waals surface area contributed by atoms with Gasteiger partial charge in [-0.15, -0.1) is 0 Å². The lowest BCUT2D eigenvalue weighted by Gasteiger charge is -2.45. The maximum Gasteiger partial charge on any atom is 0.187 e. The first-order valence-electron chi connectivity index (χ1n) is 7.08. The van der Waals surface area contributed by atoms with Gasteiger partial charge < -0.3 is 55.1 Å². The highest BCUT2D eigenvalue weighted by Gasteiger charge is 2.50. The molecule has 23 heavy (non-hydrogen) atoms. The molecule has 0 saturated carbocycles. The Labute approximate surface area is 130 Å². The van der Waals surface area contributed by atoms with Crippen molar-refractivity contribution >= 4 is 0 Å². The first kappa shape index (κ1) is 18.9. The van der Waals surface area contributed by atoms with Gasteiger partial charge in [-0.05, 0) is 0 Å². The van der Waals surface area contributed by atoms with Gasteiger partial charge in [-0.2, -0.15) is 0 Å². The van der Waals surface area contributed by atoms with Crippen LogP contribution in [-0.2, 0) is 14.2 Å². The van der Waals surface area contributed by atoms with Crippen LogP contribution in [0, 0.1) is 0 Å². The van der Waals surface area contributed by atoms with E-state index in [0.717, 1.165) is 0 Å². The molecule has 0 radical (unpaired) electrons. The zero-order valence-corrected chi connectivity index (χ0v) is 12.0. The molecule has 0 aromatic heterocycles. The van der Waals surface area contributed by atoms with E-state index < -0.39 is 74.6 Å². The van der Waals surface area contributed by atoms with E-state index in [2.05, 4.69) is 0 Å². The summed E-state index contributed by atoms with van der Waals surface area (Å²) < 4.78 is 15.1. The summed E-state index contributed by atoms with van der Waals surface area (Å²) in [5.74, 6) is 0. The van der Waals surface area contributed by atoms with E-state index in [1.807, 2.05) is 0 Å². The van der Waals surface area contributed by atoms with Crippen LogP contribution in [0.2, 0.25) is 0 Å². The summed E-state index contributed by atoms with van der Waals surface area (Å²) in [6.07, 6.45) is -15.7. The predicted molar refractivity (Wildman–Crippen MR) is 68.6 cm³/mol. The van der Waals surface area contributed by atoms with Crippen LogP contribution in [0.5, 0.6) is 0 Å². The van der Waals surface area contributed by atoms with Crippen molar-refractivity contribution in [3.8, 4) is 0 Å². The van der Waals surface area contributed by atoms with Gasteiger partial charge >= 0.3 is 0 Å². The van der Waals surface area contributed by atoms with Crippen LogP contribution in [0.3, 0.4) is 0 Å². The third kappa shape index (κ3) is 3.65. The lowest BCUT2D eigenvalue weighted by Crippen LogP contribution is -2.64. The molecular formula is C12H22O11. The van der Waals surface area contributed by atoms with Gasteiger partial charge in [0.15, 0.2) is 12.6 Å². The van der Waals surface area contributed by atoms with Gasteiger partial charge in [0.2, 0.25) is 0 Å². The molecule has 0 aromatic rings. The number of hydrogen-bond acceptors (Lipinski definition) is 11. The molecule has 11 heteroatoms. The largest absolute Gasteiger partial charge is 0.394 e. The SMILES string of the molecule is OC[C@H]1O[C@@H](O)[C@H](O)[C@@H](O[C@H]2O[C@H](CO)[C@@H](O)[C@H](O)[C@@H]2O)[C@H]1O. The third-order valence-corrected chi connectivity index (χ3v) is 3.98. The molecule has 8 N–H and O–H groups in total. The molecule has 2 fully saturated rings. The summed E-state index contributed by atoms with van der Waals surface area (Å²) in [5.41, 5.74) is 0. The van der Waals surface area contributed by atoms with Crippen molar-refractivity contribution in [3.63, 3.8) is 0 Å². The lowest BCUT2D eigenvalue weighted by atomic mass is 9.97. The number of ether oxygens (including phenoxy) is 3. The minimum Gasteiger partial charge on any atom is -0.394 e. The van der Waals surface area contributed by atoms with Crippen LogP contribution in [-0.4, -0.2) is 115 Å². The molecule has 0 amide bonds. The molecule has 2 heterocycles. The fourth-order valence-corrected chi connectivity index (χ4v) is 2.56. The van der Waals surface area contributed by atoms with E-state index in [-0.39, 0.29) is 0 Å². The number of aliphatic hydroxyl groups is 8. The van der Waals surface area contributed by atoms with Gasteiger partial charge in [-0.3, -0.25) is 0 Å². The summed E-state index contributed by atoms with van der Waals surface area (Å²) in [6.45, 7) is -1.34. The van der Waals surface area contributed by atoms with Crippen LogP contribution < -0.4 is 0 Å². The third-order valence-electron chi connectivity index (χ3n) is 3.98. The monoisotopic (exact) mass is 342 g/mol. The second kappa shape index (κ2) is 7.63. The molecule has 2 aliphatic rings. The highest BCUT2D eigenvalue weighted by atomic mass is 16.7. The average molecular weight is 342 g/mol. The molecule has 0 unspecified atom stereocenters. The van der Waals surface area contributed by atoms with Crippen molar-refractivity contribution in [2.45, 2.75) is 61.4 Å². The Morgan fingerprint density at radius 1 is 0.652 bits per heavy atom. The van der Waals surface area contributed by atoms with Crippen molar-refractivity contribution in [2.75, 3.05) is 13.2 Å². The van der Waals surface area contributed by atoms with E-state index in [9.17, 15) is 30.6 Å². The minimum atomic E-state index is -1.76. The number of rotatable bonds is 4. The average Bonchev–Trinajstić information content (AvgIpc) is 2.54. The molecule has 2 saturated heterocycles. The Balaban J connectivity index is 2.11. The quantitative estimate of drug-likeness (QED) is 0.243. The van der Waals surface area contributed by atoms with Crippen LogP contribution in [0.4, 0.5) is 0 Å². The fraction of sp³-hybridized carbons (Fsp3) is 1.00. The number of hydrogen-bond donors (Lipinski definition) is 8. The second-order valence-corrected chi connectivity index (χ2v) is 5.53. The smallest absolute Gasteiger partial charge is 0.187 e. The molecule has 0 bridgehead atoms. The molecule has 136 valence electrons. The second-order valence-electron chi connectivity index (χ2n) is 5.53. The lowest BCUT2D eigenvalue weighted by molar-refractivity contribution is -0.355. The summed E-state index contributed by atoms with van der Waals surface area (Å²) >= 11 is 0. The molecule has 2 rings (SSSR count). The topological polar surface area (TPSA) is 190 Å². The highest BCUT2D eigenvalue weighted by molar-refractivity contribution is 4.93. The Morgan fingerprint density at radius 3 is 1.78 bits per heavy atom. The molecule has 0 aliphatic carbocycles. The maximum absolute atomic E-state index is 10.00. The van der Waals surface area contributed by atoms with Crippen molar-refractivity contribution < 1.29 is 55.1 Å². The summed E-state index contributed by atoms with van der Waals surface area (Å²) in [6, 6.07) is 0. The Morgan fingerprint density at radius 2 is 1.22 bits per heavy atom. The summed E-state index contributed by atoms with van der Waals surface area (Å²) in [4.78, 5) is 0. The standard InChI is InChI=1S/C12H22O11/c13-1-3-5(15)7(17)8(18)12(22-3)23-10-6(16)4(2-14)21-11(20)9(10)19/h3-20H,1-2H2/t3-,4-,5-,6+,7+,8+,9-,10+,11-,12-/m1/s1. The molecular weight excluding hydrogens is 320 g/mol. The summed E-state index contributed by atoms with van der Waals surface area (Å²) in [5, 5.41) is 76.8. The van der Waals surface area contributed by atoms with Crippen LogP contribution in [0.1, 0.15) is 0 Å². The highest BCUT2D eigenvalue weighted by Crippen LogP contribution is 2.28. The molecule has 0 aromatic carbocycles. The van der Waals surface area contributed by atoms with Crippen LogP contribution >= 0.6 is 0 Å². The van der Waals surface area contributed by atoms with Gasteiger partial charge in [0, 0.05) is 0 Å². The van der Waals surface area contributed by atoms with Gasteiger partial charge in [0.05, 0.1) is 13.2 Å². The first-order chi connectivity index (χ1) is 10.8. The van der Waals surface area contributed by atoms with Crippen molar-refractivity contribution in [1.29, 1.82) is 0 Å². The first-order valence-corrected chi connectivity index (χ1v) is 7.08. The van der Waals surface area contributed by atoms with Gasteiger partial charge in [-0.25, -0.2) is 0 Å². The predicted octanol–water partition coefficient (Wildman–Crippen LogP) is -5.40. The summed E-state index contributed by atoms with van der Waals surface area (Å²) in [7, 11) is 0. The Hall–Kier alpha value is -0.440. The van der Waals surface area contributed by atoms with Crippen molar-refractivity contribution in [1.82, 2.24) is 0 Å². The zero-order chi connectivity index (χ0) is 17.3. The van der Waals surface area contributed by atoms with E-state index >= 15 is 0 Å². The van der Waals surface area contributed by atoms with Crippen LogP contribution in [0.15, 0.2) is 0 Å².